The topological polar surface area (TPSA) is 41.9 Å². The summed E-state index contributed by atoms with van der Waals surface area (Å²) >= 11 is 3.42. The van der Waals surface area contributed by atoms with Crippen LogP contribution in [0.1, 0.15) is 17.5 Å². The highest BCUT2D eigenvalue weighted by molar-refractivity contribution is 9.10. The molecule has 0 radical (unpaired) electrons. The first-order valence-electron chi connectivity index (χ1n) is 7.10. The van der Waals surface area contributed by atoms with Crippen molar-refractivity contribution in [1.29, 1.82) is 0 Å². The molecule has 0 saturated carbocycles. The number of hydrogen-bond donors (Lipinski definition) is 0. The van der Waals surface area contributed by atoms with Crippen LogP contribution in [0.5, 0.6) is 0 Å². The van der Waals surface area contributed by atoms with Crippen LogP contribution in [0.2, 0.25) is 0 Å². The Hall–Kier alpha value is -2.14. The van der Waals surface area contributed by atoms with Crippen molar-refractivity contribution in [3.8, 4) is 0 Å². The predicted molar refractivity (Wildman–Crippen MR) is 90.3 cm³/mol. The summed E-state index contributed by atoms with van der Waals surface area (Å²) in [5, 5.41) is 3.80. The van der Waals surface area contributed by atoms with Crippen molar-refractivity contribution < 1.29 is 9.63 Å². The third-order valence-corrected chi connectivity index (χ3v) is 4.28. The van der Waals surface area contributed by atoms with Crippen molar-refractivity contribution in [2.24, 2.45) is 5.16 Å². The molecule has 0 atom stereocenters. The third-order valence-electron chi connectivity index (χ3n) is 3.56. The van der Waals surface area contributed by atoms with E-state index < -0.39 is 6.09 Å². The van der Waals surface area contributed by atoms with Gasteiger partial charge < -0.3 is 0 Å². The number of aryl methyl sites for hydroxylation is 1. The molecule has 112 valence electrons. The van der Waals surface area contributed by atoms with Gasteiger partial charge in [0, 0.05) is 16.6 Å². The van der Waals surface area contributed by atoms with Gasteiger partial charge in [0.2, 0.25) is 0 Å². The highest BCUT2D eigenvalue weighted by Crippen LogP contribution is 2.27. The number of anilines is 1. The molecule has 0 N–H and O–H groups in total. The van der Waals surface area contributed by atoms with Gasteiger partial charge in [0.1, 0.15) is 0 Å². The standard InChI is InChI=1S/C17H15BrN2O2/c18-15-9-3-1-7-14(15)12-19-22-17(21)20-11-5-8-13-6-2-4-10-16(13)20/h1-4,6-7,9-10,12H,5,8,11H2. The van der Waals surface area contributed by atoms with Crippen molar-refractivity contribution in [3.05, 3.63) is 64.1 Å². The number of rotatable bonds is 2. The normalized spacial score (nSPS) is 14.0. The Morgan fingerprint density at radius 3 is 2.82 bits per heavy atom. The Morgan fingerprint density at radius 2 is 1.95 bits per heavy atom. The van der Waals surface area contributed by atoms with Gasteiger partial charge in [-0.3, -0.25) is 9.74 Å². The van der Waals surface area contributed by atoms with E-state index in [2.05, 4.69) is 21.1 Å². The summed E-state index contributed by atoms with van der Waals surface area (Å²) in [4.78, 5) is 18.9. The molecule has 22 heavy (non-hydrogen) atoms. The number of para-hydroxylation sites is 1. The Kier molecular flexibility index (Phi) is 4.53. The van der Waals surface area contributed by atoms with Gasteiger partial charge >= 0.3 is 6.09 Å². The molecular formula is C17H15BrN2O2. The largest absolute Gasteiger partial charge is 0.440 e. The second-order valence-electron chi connectivity index (χ2n) is 5.00. The minimum absolute atomic E-state index is 0.449. The van der Waals surface area contributed by atoms with Gasteiger partial charge in [-0.05, 0) is 30.5 Å². The van der Waals surface area contributed by atoms with Gasteiger partial charge in [0.25, 0.3) is 0 Å². The van der Waals surface area contributed by atoms with Crippen LogP contribution in [0.3, 0.4) is 0 Å². The highest BCUT2D eigenvalue weighted by Gasteiger charge is 2.23. The van der Waals surface area contributed by atoms with Gasteiger partial charge in [-0.2, -0.15) is 0 Å². The number of carbonyl (C=O) groups is 1. The zero-order valence-electron chi connectivity index (χ0n) is 11.9. The monoisotopic (exact) mass is 358 g/mol. The van der Waals surface area contributed by atoms with Crippen molar-refractivity contribution in [2.75, 3.05) is 11.4 Å². The second kappa shape index (κ2) is 6.75. The van der Waals surface area contributed by atoms with E-state index in [9.17, 15) is 4.79 Å². The minimum Gasteiger partial charge on any atom is -0.298 e. The molecule has 5 heteroatoms. The fourth-order valence-corrected chi connectivity index (χ4v) is 2.87. The van der Waals surface area contributed by atoms with Gasteiger partial charge in [-0.1, -0.05) is 57.5 Å². The fourth-order valence-electron chi connectivity index (χ4n) is 2.48. The molecule has 0 aliphatic carbocycles. The Labute approximate surface area is 137 Å². The fraction of sp³-hybridized carbons (Fsp3) is 0.176. The Balaban J connectivity index is 1.70. The lowest BCUT2D eigenvalue weighted by atomic mass is 10.0. The van der Waals surface area contributed by atoms with Crippen molar-refractivity contribution in [2.45, 2.75) is 12.8 Å². The smallest absolute Gasteiger partial charge is 0.298 e. The third kappa shape index (κ3) is 3.20. The quantitative estimate of drug-likeness (QED) is 0.454. The SMILES string of the molecule is O=C(ON=Cc1ccccc1Br)N1CCCc2ccccc21. The molecule has 2 aromatic carbocycles. The van der Waals surface area contributed by atoms with E-state index in [0.29, 0.717) is 6.54 Å². The van der Waals surface area contributed by atoms with Crippen LogP contribution in [0, 0.1) is 0 Å². The maximum Gasteiger partial charge on any atom is 0.440 e. The summed E-state index contributed by atoms with van der Waals surface area (Å²) in [6.45, 7) is 0.653. The summed E-state index contributed by atoms with van der Waals surface area (Å²) in [6.07, 6.45) is 2.99. The summed E-state index contributed by atoms with van der Waals surface area (Å²) in [7, 11) is 0. The van der Waals surface area contributed by atoms with E-state index in [1.165, 1.54) is 11.8 Å². The summed E-state index contributed by atoms with van der Waals surface area (Å²) < 4.78 is 0.901. The molecule has 0 spiro atoms. The summed E-state index contributed by atoms with van der Waals surface area (Å²) in [5.74, 6) is 0. The molecule has 2 aromatic rings. The van der Waals surface area contributed by atoms with Crippen LogP contribution in [0.25, 0.3) is 0 Å². The van der Waals surface area contributed by atoms with E-state index in [1.807, 2.05) is 48.5 Å². The zero-order valence-corrected chi connectivity index (χ0v) is 13.5. The lowest BCUT2D eigenvalue weighted by molar-refractivity contribution is 0.158. The number of oxime groups is 1. The lowest BCUT2D eigenvalue weighted by Gasteiger charge is -2.27. The molecule has 1 heterocycles. The van der Waals surface area contributed by atoms with E-state index in [-0.39, 0.29) is 0 Å². The number of hydrogen-bond acceptors (Lipinski definition) is 3. The first-order chi connectivity index (χ1) is 10.8. The Bertz CT molecular complexity index is 715. The van der Waals surface area contributed by atoms with Crippen molar-refractivity contribution in [1.82, 2.24) is 0 Å². The minimum atomic E-state index is -0.449. The van der Waals surface area contributed by atoms with Crippen LogP contribution in [0.15, 0.2) is 58.2 Å². The van der Waals surface area contributed by atoms with Crippen LogP contribution in [0.4, 0.5) is 10.5 Å². The predicted octanol–water partition coefficient (Wildman–Crippen LogP) is 4.37. The average Bonchev–Trinajstić information content (AvgIpc) is 2.56. The van der Waals surface area contributed by atoms with Crippen molar-refractivity contribution >= 4 is 33.9 Å². The molecule has 0 bridgehead atoms. The summed E-state index contributed by atoms with van der Waals surface area (Å²) in [5.41, 5.74) is 2.93. The highest BCUT2D eigenvalue weighted by atomic mass is 79.9. The van der Waals surface area contributed by atoms with Crippen LogP contribution < -0.4 is 4.90 Å². The van der Waals surface area contributed by atoms with Crippen LogP contribution in [-0.2, 0) is 11.3 Å². The van der Waals surface area contributed by atoms with Gasteiger partial charge in [-0.25, -0.2) is 4.79 Å². The number of fused-ring (bicyclic) bond motifs is 1. The second-order valence-corrected chi connectivity index (χ2v) is 5.85. The first kappa shape index (κ1) is 14.8. The maximum atomic E-state index is 12.2. The first-order valence-corrected chi connectivity index (χ1v) is 7.89. The Morgan fingerprint density at radius 1 is 1.18 bits per heavy atom. The molecule has 1 amide bonds. The van der Waals surface area contributed by atoms with E-state index in [0.717, 1.165) is 28.6 Å². The maximum absolute atomic E-state index is 12.2. The molecule has 0 saturated heterocycles. The van der Waals surface area contributed by atoms with E-state index in [1.54, 1.807) is 4.90 Å². The molecule has 4 nitrogen and oxygen atoms in total. The number of halogens is 1. The molecule has 1 aliphatic heterocycles. The number of benzene rings is 2. The molecule has 0 fully saturated rings. The van der Waals surface area contributed by atoms with E-state index >= 15 is 0 Å². The van der Waals surface area contributed by atoms with Crippen LogP contribution >= 0.6 is 15.9 Å². The lowest BCUT2D eigenvalue weighted by Crippen LogP contribution is -2.35. The van der Waals surface area contributed by atoms with Gasteiger partial charge in [0.15, 0.2) is 0 Å². The zero-order chi connectivity index (χ0) is 15.4. The number of carbonyl (C=O) groups excluding carboxylic acids is 1. The van der Waals surface area contributed by atoms with Gasteiger partial charge in [-0.15, -0.1) is 0 Å². The van der Waals surface area contributed by atoms with Crippen molar-refractivity contribution in [3.63, 3.8) is 0 Å². The molecule has 3 rings (SSSR count). The molecule has 0 aromatic heterocycles. The summed E-state index contributed by atoms with van der Waals surface area (Å²) in [6, 6.07) is 15.5. The molecule has 0 unspecified atom stereocenters. The van der Waals surface area contributed by atoms with Crippen LogP contribution in [-0.4, -0.2) is 18.9 Å². The average molecular weight is 359 g/mol. The molecule has 1 aliphatic rings. The van der Waals surface area contributed by atoms with Gasteiger partial charge in [0.05, 0.1) is 11.9 Å². The molecular weight excluding hydrogens is 344 g/mol. The van der Waals surface area contributed by atoms with E-state index in [4.69, 9.17) is 4.84 Å². The number of amides is 1. The number of nitrogens with zero attached hydrogens (tertiary/aromatic N) is 2.